The molecule has 1 aliphatic rings. The van der Waals surface area contributed by atoms with Crippen LogP contribution in [0.3, 0.4) is 0 Å². The van der Waals surface area contributed by atoms with Gasteiger partial charge in [0.1, 0.15) is 0 Å². The number of thiophene rings is 1. The van der Waals surface area contributed by atoms with E-state index >= 15 is 0 Å². The van der Waals surface area contributed by atoms with Crippen molar-refractivity contribution in [1.82, 2.24) is 14.8 Å². The third-order valence-corrected chi connectivity index (χ3v) is 8.20. The molecule has 164 valence electrons. The van der Waals surface area contributed by atoms with Gasteiger partial charge in [0.15, 0.2) is 11.0 Å². The smallest absolute Gasteiger partial charge is 0.234 e. The number of hydrogen-bond donors (Lipinski definition) is 1. The molecular formula is C22H24Cl2N4OS2. The van der Waals surface area contributed by atoms with E-state index in [1.165, 1.54) is 34.2 Å². The number of thioether (sulfide) groups is 1. The Morgan fingerprint density at radius 1 is 1.35 bits per heavy atom. The lowest BCUT2D eigenvalue weighted by molar-refractivity contribution is -0.113. The first-order valence-electron chi connectivity index (χ1n) is 10.4. The molecule has 1 amide bonds. The fraction of sp³-hybridized carbons (Fsp3) is 0.409. The number of benzene rings is 1. The lowest BCUT2D eigenvalue weighted by Crippen LogP contribution is -2.15. The zero-order valence-corrected chi connectivity index (χ0v) is 20.6. The lowest BCUT2D eigenvalue weighted by Gasteiger charge is -2.19. The molecular weight excluding hydrogens is 471 g/mol. The van der Waals surface area contributed by atoms with Crippen LogP contribution >= 0.6 is 46.3 Å². The third-order valence-electron chi connectivity index (χ3n) is 5.36. The van der Waals surface area contributed by atoms with E-state index in [-0.39, 0.29) is 11.7 Å². The van der Waals surface area contributed by atoms with Crippen LogP contribution in [0.2, 0.25) is 10.0 Å². The van der Waals surface area contributed by atoms with Crippen LogP contribution in [0.4, 0.5) is 5.69 Å². The first kappa shape index (κ1) is 22.6. The minimum Gasteiger partial charge on any atom is -0.324 e. The van der Waals surface area contributed by atoms with Crippen LogP contribution in [0, 0.1) is 5.92 Å². The first-order valence-corrected chi connectivity index (χ1v) is 13.0. The second-order valence-electron chi connectivity index (χ2n) is 7.80. The van der Waals surface area contributed by atoms with Crippen molar-refractivity contribution in [2.45, 2.75) is 51.2 Å². The standard InChI is InChI=1S/C22H24Cl2N4OS2/c1-3-9-28-21(15-11-30-18-10-13(2)7-8-14(15)18)26-27-22(28)31-12-19(29)25-17-6-4-5-16(23)20(17)24/h4-6,11,13H,3,7-10,12H2,1-2H3,(H,25,29). The van der Waals surface area contributed by atoms with Gasteiger partial charge in [-0.1, -0.05) is 54.9 Å². The van der Waals surface area contributed by atoms with Crippen molar-refractivity contribution in [1.29, 1.82) is 0 Å². The topological polar surface area (TPSA) is 59.8 Å². The van der Waals surface area contributed by atoms with E-state index in [4.69, 9.17) is 23.2 Å². The van der Waals surface area contributed by atoms with Crippen molar-refractivity contribution in [3.63, 3.8) is 0 Å². The zero-order valence-electron chi connectivity index (χ0n) is 17.5. The molecule has 1 aliphatic carbocycles. The molecule has 2 aromatic heterocycles. The summed E-state index contributed by atoms with van der Waals surface area (Å²) in [6, 6.07) is 5.17. The quantitative estimate of drug-likeness (QED) is 0.376. The van der Waals surface area contributed by atoms with Gasteiger partial charge in [-0.25, -0.2) is 0 Å². The number of fused-ring (bicyclic) bond motifs is 1. The highest BCUT2D eigenvalue weighted by atomic mass is 35.5. The van der Waals surface area contributed by atoms with Gasteiger partial charge in [0.25, 0.3) is 0 Å². The van der Waals surface area contributed by atoms with Crippen LogP contribution in [0.15, 0.2) is 28.7 Å². The van der Waals surface area contributed by atoms with Crippen molar-refractivity contribution in [2.24, 2.45) is 5.92 Å². The summed E-state index contributed by atoms with van der Waals surface area (Å²) in [5.74, 6) is 1.70. The van der Waals surface area contributed by atoms with E-state index in [9.17, 15) is 4.79 Å². The van der Waals surface area contributed by atoms with Crippen molar-refractivity contribution in [2.75, 3.05) is 11.1 Å². The lowest BCUT2D eigenvalue weighted by atomic mass is 9.88. The van der Waals surface area contributed by atoms with E-state index < -0.39 is 0 Å². The van der Waals surface area contributed by atoms with Crippen molar-refractivity contribution in [3.05, 3.63) is 44.1 Å². The molecule has 0 saturated heterocycles. The fourth-order valence-corrected chi connectivity index (χ4v) is 6.16. The summed E-state index contributed by atoms with van der Waals surface area (Å²) in [7, 11) is 0. The van der Waals surface area contributed by atoms with Gasteiger partial charge in [-0.15, -0.1) is 21.5 Å². The fourth-order valence-electron chi connectivity index (χ4n) is 3.80. The number of aromatic nitrogens is 3. The van der Waals surface area contributed by atoms with Crippen molar-refractivity contribution < 1.29 is 4.79 Å². The van der Waals surface area contributed by atoms with Crippen molar-refractivity contribution in [3.8, 4) is 11.4 Å². The SMILES string of the molecule is CCCn1c(SCC(=O)Nc2cccc(Cl)c2Cl)nnc1-c1csc2c1CCC(C)C2. The molecule has 4 rings (SSSR count). The van der Waals surface area contributed by atoms with Crippen LogP contribution in [0.5, 0.6) is 0 Å². The molecule has 9 heteroatoms. The predicted molar refractivity (Wildman–Crippen MR) is 131 cm³/mol. The van der Waals surface area contributed by atoms with Crippen LogP contribution in [0.1, 0.15) is 37.1 Å². The molecule has 1 aromatic carbocycles. The van der Waals surface area contributed by atoms with Gasteiger partial charge in [0.2, 0.25) is 5.91 Å². The molecule has 3 aromatic rings. The molecule has 5 nitrogen and oxygen atoms in total. The van der Waals surface area contributed by atoms with Crippen LogP contribution in [0.25, 0.3) is 11.4 Å². The van der Waals surface area contributed by atoms with Crippen LogP contribution < -0.4 is 5.32 Å². The Hall–Kier alpha value is -1.54. The maximum absolute atomic E-state index is 12.5. The monoisotopic (exact) mass is 494 g/mol. The van der Waals surface area contributed by atoms with Gasteiger partial charge in [0, 0.05) is 22.4 Å². The summed E-state index contributed by atoms with van der Waals surface area (Å²) < 4.78 is 2.14. The summed E-state index contributed by atoms with van der Waals surface area (Å²) in [6.07, 6.45) is 4.42. The maximum atomic E-state index is 12.5. The average molecular weight is 496 g/mol. The van der Waals surface area contributed by atoms with Gasteiger partial charge in [0.05, 0.1) is 21.5 Å². The van der Waals surface area contributed by atoms with Crippen LogP contribution in [-0.4, -0.2) is 26.4 Å². The van der Waals surface area contributed by atoms with Gasteiger partial charge >= 0.3 is 0 Å². The Labute approximate surface area is 200 Å². The largest absolute Gasteiger partial charge is 0.324 e. The molecule has 0 fully saturated rings. The van der Waals surface area contributed by atoms with Gasteiger partial charge in [-0.2, -0.15) is 0 Å². The number of halogens is 2. The Balaban J connectivity index is 1.50. The number of rotatable bonds is 7. The highest BCUT2D eigenvalue weighted by Gasteiger charge is 2.24. The minimum absolute atomic E-state index is 0.163. The number of carbonyl (C=O) groups is 1. The average Bonchev–Trinajstić information content (AvgIpc) is 3.33. The number of carbonyl (C=O) groups excluding carboxylic acids is 1. The normalized spacial score (nSPS) is 15.7. The van der Waals surface area contributed by atoms with Crippen LogP contribution in [-0.2, 0) is 24.2 Å². The number of anilines is 1. The molecule has 1 N–H and O–H groups in total. The molecule has 0 bridgehead atoms. The maximum Gasteiger partial charge on any atom is 0.234 e. The number of hydrogen-bond acceptors (Lipinski definition) is 5. The van der Waals surface area contributed by atoms with E-state index in [1.54, 1.807) is 18.2 Å². The molecule has 0 aliphatic heterocycles. The van der Waals surface area contributed by atoms with E-state index in [0.717, 1.165) is 42.7 Å². The minimum atomic E-state index is -0.163. The van der Waals surface area contributed by atoms with E-state index in [2.05, 4.69) is 39.3 Å². The molecule has 1 unspecified atom stereocenters. The highest BCUT2D eigenvalue weighted by molar-refractivity contribution is 7.99. The van der Waals surface area contributed by atoms with Crippen molar-refractivity contribution >= 4 is 57.9 Å². The summed E-state index contributed by atoms with van der Waals surface area (Å²) >= 11 is 15.4. The van der Waals surface area contributed by atoms with E-state index in [1.807, 2.05) is 11.3 Å². The molecule has 0 spiro atoms. The Bertz CT molecular complexity index is 1100. The van der Waals surface area contributed by atoms with E-state index in [0.29, 0.717) is 15.7 Å². The summed E-state index contributed by atoms with van der Waals surface area (Å²) in [5.41, 5.74) is 3.14. The second-order valence-corrected chi connectivity index (χ2v) is 10.5. The number of nitrogens with one attached hydrogen (secondary N) is 1. The summed E-state index contributed by atoms with van der Waals surface area (Å²) in [4.78, 5) is 14.0. The molecule has 0 radical (unpaired) electrons. The molecule has 2 heterocycles. The Kier molecular flexibility index (Phi) is 7.26. The predicted octanol–water partition coefficient (Wildman–Crippen LogP) is 6.58. The Morgan fingerprint density at radius 2 is 2.19 bits per heavy atom. The summed E-state index contributed by atoms with van der Waals surface area (Å²) in [6.45, 7) is 5.27. The second kappa shape index (κ2) is 9.94. The molecule has 31 heavy (non-hydrogen) atoms. The van der Waals surface area contributed by atoms with Gasteiger partial charge in [-0.3, -0.25) is 4.79 Å². The van der Waals surface area contributed by atoms with Gasteiger partial charge < -0.3 is 9.88 Å². The number of amides is 1. The third kappa shape index (κ3) is 4.95. The van der Waals surface area contributed by atoms with Gasteiger partial charge in [-0.05, 0) is 49.3 Å². The Morgan fingerprint density at radius 3 is 3.00 bits per heavy atom. The first-order chi connectivity index (χ1) is 15.0. The zero-order chi connectivity index (χ0) is 22.0. The number of nitrogens with zero attached hydrogens (tertiary/aromatic N) is 3. The molecule has 0 saturated carbocycles. The highest BCUT2D eigenvalue weighted by Crippen LogP contribution is 2.38. The summed E-state index contributed by atoms with van der Waals surface area (Å²) in [5, 5.41) is 15.5. The molecule has 1 atom stereocenters.